The zero-order valence-electron chi connectivity index (χ0n) is 17.2. The van der Waals surface area contributed by atoms with E-state index in [4.69, 9.17) is 4.74 Å². The molecule has 1 aliphatic carbocycles. The van der Waals surface area contributed by atoms with Crippen LogP contribution in [0.25, 0.3) is 0 Å². The number of hydrogen-bond donors (Lipinski definition) is 1. The van der Waals surface area contributed by atoms with Gasteiger partial charge in [-0.1, -0.05) is 18.2 Å². The van der Waals surface area contributed by atoms with Gasteiger partial charge in [0.25, 0.3) is 0 Å². The van der Waals surface area contributed by atoms with Gasteiger partial charge >= 0.3 is 0 Å². The number of rotatable bonds is 5. The summed E-state index contributed by atoms with van der Waals surface area (Å²) in [5, 5.41) is 11.3. The van der Waals surface area contributed by atoms with Gasteiger partial charge in [-0.25, -0.2) is 0 Å². The molecule has 1 spiro atoms. The Morgan fingerprint density at radius 3 is 2.50 bits per heavy atom. The lowest BCUT2D eigenvalue weighted by Gasteiger charge is -2.49. The Morgan fingerprint density at radius 2 is 1.79 bits per heavy atom. The predicted octanol–water partition coefficient (Wildman–Crippen LogP) is 3.00. The van der Waals surface area contributed by atoms with Crippen LogP contribution in [0.1, 0.15) is 50.5 Å². The van der Waals surface area contributed by atoms with Crippen molar-refractivity contribution in [2.24, 2.45) is 5.41 Å². The quantitative estimate of drug-likeness (QED) is 0.845. The van der Waals surface area contributed by atoms with Gasteiger partial charge in [0, 0.05) is 39.0 Å². The van der Waals surface area contributed by atoms with E-state index in [0.29, 0.717) is 18.4 Å². The van der Waals surface area contributed by atoms with Crippen LogP contribution in [0.3, 0.4) is 0 Å². The second-order valence-electron chi connectivity index (χ2n) is 9.15. The minimum absolute atomic E-state index is 0.219. The van der Waals surface area contributed by atoms with Crippen LogP contribution in [-0.2, 0) is 16.0 Å². The largest absolute Gasteiger partial charge is 0.388 e. The van der Waals surface area contributed by atoms with Gasteiger partial charge in [-0.3, -0.25) is 4.79 Å². The third kappa shape index (κ3) is 4.06. The molecule has 0 bridgehead atoms. The average Bonchev–Trinajstić information content (AvgIpc) is 3.12. The lowest BCUT2D eigenvalue weighted by atomic mass is 9.64. The molecule has 0 unspecified atom stereocenters. The topological polar surface area (TPSA) is 53.0 Å². The molecule has 2 heterocycles. The maximum atomic E-state index is 12.2. The summed E-state index contributed by atoms with van der Waals surface area (Å²) in [6.45, 7) is 4.00. The van der Waals surface area contributed by atoms with Crippen molar-refractivity contribution in [3.8, 4) is 0 Å². The molecule has 0 radical (unpaired) electrons. The van der Waals surface area contributed by atoms with Gasteiger partial charge in [0.05, 0.1) is 18.6 Å². The number of hydrogen-bond acceptors (Lipinski definition) is 4. The monoisotopic (exact) mass is 386 g/mol. The van der Waals surface area contributed by atoms with Crippen molar-refractivity contribution in [3.63, 3.8) is 0 Å². The van der Waals surface area contributed by atoms with E-state index in [2.05, 4.69) is 29.2 Å². The highest BCUT2D eigenvalue weighted by Gasteiger charge is 2.44. The first-order valence-electron chi connectivity index (χ1n) is 10.8. The van der Waals surface area contributed by atoms with Crippen LogP contribution in [0.4, 0.5) is 5.69 Å². The number of amides is 1. The molecule has 1 saturated carbocycles. The number of fused-ring (bicyclic) bond motifs is 1. The predicted molar refractivity (Wildman–Crippen MR) is 111 cm³/mol. The second-order valence-corrected chi connectivity index (χ2v) is 9.15. The number of benzene rings is 1. The Labute approximate surface area is 168 Å². The number of carbonyl (C=O) groups is 1. The van der Waals surface area contributed by atoms with E-state index in [9.17, 15) is 9.90 Å². The smallest absolute Gasteiger partial charge is 0.224 e. The van der Waals surface area contributed by atoms with Crippen LogP contribution in [0.2, 0.25) is 0 Å². The summed E-state index contributed by atoms with van der Waals surface area (Å²) in [5.41, 5.74) is 2.46. The summed E-state index contributed by atoms with van der Waals surface area (Å²) >= 11 is 0. The van der Waals surface area contributed by atoms with Crippen LogP contribution < -0.4 is 4.90 Å². The summed E-state index contributed by atoms with van der Waals surface area (Å²) in [6.07, 6.45) is 7.65. The number of para-hydroxylation sites is 1. The summed E-state index contributed by atoms with van der Waals surface area (Å²) < 4.78 is 5.03. The number of nitrogens with zero attached hydrogens (tertiary/aromatic N) is 2. The van der Waals surface area contributed by atoms with Crippen molar-refractivity contribution in [2.75, 3.05) is 44.8 Å². The number of aliphatic hydroxyl groups is 1. The van der Waals surface area contributed by atoms with E-state index in [1.807, 2.05) is 4.90 Å². The number of methoxy groups -OCH3 is 1. The number of carbonyl (C=O) groups excluding carboxylic acids is 1. The van der Waals surface area contributed by atoms with Gasteiger partial charge in [-0.2, -0.15) is 0 Å². The van der Waals surface area contributed by atoms with Gasteiger partial charge in [0.2, 0.25) is 5.91 Å². The van der Waals surface area contributed by atoms with Crippen LogP contribution in [0.15, 0.2) is 24.3 Å². The number of piperidine rings is 1. The molecule has 1 amide bonds. The van der Waals surface area contributed by atoms with E-state index in [1.165, 1.54) is 11.3 Å². The first kappa shape index (κ1) is 19.7. The molecular weight excluding hydrogens is 352 g/mol. The SMILES string of the molecule is COCCC(=O)N1CCC2(CC1)CCC(O)(CN1CCc3ccccc31)CC2. The van der Waals surface area contributed by atoms with Crippen molar-refractivity contribution in [1.29, 1.82) is 0 Å². The molecule has 5 heteroatoms. The van der Waals surface area contributed by atoms with Gasteiger partial charge in [0.15, 0.2) is 0 Å². The van der Waals surface area contributed by atoms with Gasteiger partial charge in [-0.15, -0.1) is 0 Å². The molecule has 28 heavy (non-hydrogen) atoms. The van der Waals surface area contributed by atoms with Crippen molar-refractivity contribution in [3.05, 3.63) is 29.8 Å². The summed E-state index contributed by atoms with van der Waals surface area (Å²) in [4.78, 5) is 16.6. The number of anilines is 1. The Morgan fingerprint density at radius 1 is 1.07 bits per heavy atom. The van der Waals surface area contributed by atoms with Crippen LogP contribution in [0.5, 0.6) is 0 Å². The Kier molecular flexibility index (Phi) is 5.66. The van der Waals surface area contributed by atoms with Gasteiger partial charge in [0.1, 0.15) is 0 Å². The third-order valence-electron chi connectivity index (χ3n) is 7.41. The molecule has 5 nitrogen and oxygen atoms in total. The molecule has 1 aromatic rings. The molecule has 0 atom stereocenters. The zero-order valence-corrected chi connectivity index (χ0v) is 17.2. The fraction of sp³-hybridized carbons (Fsp3) is 0.696. The molecule has 1 aromatic carbocycles. The molecule has 0 aromatic heterocycles. The highest BCUT2D eigenvalue weighted by atomic mass is 16.5. The van der Waals surface area contributed by atoms with Gasteiger partial charge < -0.3 is 19.6 Å². The maximum absolute atomic E-state index is 12.2. The first-order valence-corrected chi connectivity index (χ1v) is 10.8. The lowest BCUT2D eigenvalue weighted by molar-refractivity contribution is -0.135. The van der Waals surface area contributed by atoms with Crippen LogP contribution >= 0.6 is 0 Å². The van der Waals surface area contributed by atoms with Crippen molar-refractivity contribution in [2.45, 2.75) is 57.0 Å². The Bertz CT molecular complexity index is 687. The summed E-state index contributed by atoms with van der Waals surface area (Å²) in [5.74, 6) is 0.219. The molecule has 2 fully saturated rings. The molecular formula is C23H34N2O3. The minimum atomic E-state index is -0.575. The summed E-state index contributed by atoms with van der Waals surface area (Å²) in [7, 11) is 1.64. The number of β-amino-alcohol motifs (C(OH)–C–C–N with tert-alkyl or cyclic N) is 1. The first-order chi connectivity index (χ1) is 13.5. The summed E-state index contributed by atoms with van der Waals surface area (Å²) in [6, 6.07) is 8.59. The van der Waals surface area contributed by atoms with Crippen molar-refractivity contribution in [1.82, 2.24) is 4.90 Å². The zero-order chi connectivity index (χ0) is 19.6. The van der Waals surface area contributed by atoms with Crippen LogP contribution in [0, 0.1) is 5.41 Å². The van der Waals surface area contributed by atoms with E-state index >= 15 is 0 Å². The minimum Gasteiger partial charge on any atom is -0.388 e. The fourth-order valence-electron chi connectivity index (χ4n) is 5.41. The molecule has 1 saturated heterocycles. The molecule has 3 aliphatic rings. The Hall–Kier alpha value is -1.59. The van der Waals surface area contributed by atoms with E-state index in [1.54, 1.807) is 7.11 Å². The normalized spacial score (nSPS) is 23.1. The number of likely N-dealkylation sites (tertiary alicyclic amines) is 1. The molecule has 4 rings (SSSR count). The third-order valence-corrected chi connectivity index (χ3v) is 7.41. The highest BCUT2D eigenvalue weighted by Crippen LogP contribution is 2.48. The van der Waals surface area contributed by atoms with Crippen molar-refractivity contribution >= 4 is 11.6 Å². The maximum Gasteiger partial charge on any atom is 0.224 e. The standard InChI is InChI=1S/C23H34N2O3/c1-28-17-7-21(26)24-15-12-22(13-16-24)8-10-23(27,11-9-22)18-25-14-6-19-4-2-3-5-20(19)25/h2-5,27H,6-18H2,1H3. The number of ether oxygens (including phenoxy) is 1. The highest BCUT2D eigenvalue weighted by molar-refractivity contribution is 5.76. The molecule has 1 N–H and O–H groups in total. The van der Waals surface area contributed by atoms with Gasteiger partial charge in [-0.05, 0) is 62.0 Å². The van der Waals surface area contributed by atoms with Crippen LogP contribution in [-0.4, -0.2) is 61.4 Å². The Balaban J connectivity index is 1.29. The lowest BCUT2D eigenvalue weighted by Crippen LogP contribution is -2.50. The van der Waals surface area contributed by atoms with E-state index < -0.39 is 5.60 Å². The average molecular weight is 387 g/mol. The molecule has 2 aliphatic heterocycles. The van der Waals surface area contributed by atoms with E-state index in [-0.39, 0.29) is 5.91 Å². The van der Waals surface area contributed by atoms with E-state index in [0.717, 1.165) is 71.1 Å². The second kappa shape index (κ2) is 8.03. The molecule has 154 valence electrons. The fourth-order valence-corrected chi connectivity index (χ4v) is 5.41. The van der Waals surface area contributed by atoms with Crippen molar-refractivity contribution < 1.29 is 14.6 Å².